The van der Waals surface area contributed by atoms with Crippen molar-refractivity contribution in [1.82, 2.24) is 39.8 Å². The molecule has 0 aliphatic rings. The van der Waals surface area contributed by atoms with Gasteiger partial charge in [0.05, 0.1) is 5.69 Å². The molecule has 0 aliphatic carbocycles. The number of hydrogen-bond donors (Lipinski definition) is 2. The highest BCUT2D eigenvalue weighted by Gasteiger charge is 2.07. The van der Waals surface area contributed by atoms with Gasteiger partial charge in [0.25, 0.3) is 0 Å². The molecule has 0 saturated carbocycles. The first-order valence-electron chi connectivity index (χ1n) is 7.80. The number of hydrogen-bond acceptors (Lipinski definition) is 7. The maximum Gasteiger partial charge on any atom is 0.241 e. The number of carbonyl (C=O) groups excluding carboxylic acids is 1. The summed E-state index contributed by atoms with van der Waals surface area (Å²) >= 11 is 0. The van der Waals surface area contributed by atoms with Gasteiger partial charge >= 0.3 is 0 Å². The first-order chi connectivity index (χ1) is 12.1. The fourth-order valence-corrected chi connectivity index (χ4v) is 2.33. The number of carbonyl (C=O) groups is 1. The smallest absolute Gasteiger partial charge is 0.241 e. The largest absolute Gasteiger partial charge is 0.368 e. The van der Waals surface area contributed by atoms with Crippen LogP contribution in [0.15, 0.2) is 31.1 Å². The average molecular weight is 341 g/mol. The van der Waals surface area contributed by atoms with E-state index in [0.717, 1.165) is 11.4 Å². The van der Waals surface area contributed by atoms with Gasteiger partial charge < -0.3 is 10.6 Å². The second kappa shape index (κ2) is 7.51. The Morgan fingerprint density at radius 3 is 2.76 bits per heavy atom. The average Bonchev–Trinajstić information content (AvgIpc) is 3.21. The van der Waals surface area contributed by atoms with Crippen molar-refractivity contribution in [1.29, 1.82) is 0 Å². The van der Waals surface area contributed by atoms with E-state index in [9.17, 15) is 4.79 Å². The Hall–Kier alpha value is -3.30. The van der Waals surface area contributed by atoms with Gasteiger partial charge in [-0.1, -0.05) is 0 Å². The molecule has 3 aromatic rings. The molecule has 1 amide bonds. The Balaban J connectivity index is 1.49. The maximum absolute atomic E-state index is 11.7. The summed E-state index contributed by atoms with van der Waals surface area (Å²) in [4.78, 5) is 24.0. The minimum atomic E-state index is -0.127. The lowest BCUT2D eigenvalue weighted by Crippen LogP contribution is -2.31. The topological polar surface area (TPSA) is 115 Å². The zero-order valence-corrected chi connectivity index (χ0v) is 14.0. The van der Waals surface area contributed by atoms with Gasteiger partial charge in [-0.15, -0.1) is 0 Å². The summed E-state index contributed by atoms with van der Waals surface area (Å²) in [5, 5.41) is 14.2. The zero-order chi connectivity index (χ0) is 17.6. The standard InChI is InChI=1S/C15H19N9O/c1-11-5-12(2)24(22-11)14-6-13(19-9-20-14)17-3-4-18-15(25)7-23-10-16-8-21-23/h5-6,8-10H,3-4,7H2,1-2H3,(H,18,25)(H,17,19,20). The van der Waals surface area contributed by atoms with Crippen molar-refractivity contribution in [3.63, 3.8) is 0 Å². The number of nitrogens with one attached hydrogen (secondary N) is 2. The van der Waals surface area contributed by atoms with Crippen LogP contribution >= 0.6 is 0 Å². The summed E-state index contributed by atoms with van der Waals surface area (Å²) in [6.07, 6.45) is 4.38. The Labute approximate surface area is 144 Å². The summed E-state index contributed by atoms with van der Waals surface area (Å²) in [6, 6.07) is 3.80. The second-order valence-corrected chi connectivity index (χ2v) is 5.47. The normalized spacial score (nSPS) is 10.6. The van der Waals surface area contributed by atoms with Gasteiger partial charge in [0.1, 0.15) is 31.3 Å². The molecule has 0 atom stereocenters. The van der Waals surface area contributed by atoms with Crippen molar-refractivity contribution in [2.75, 3.05) is 18.4 Å². The van der Waals surface area contributed by atoms with Crippen molar-refractivity contribution < 1.29 is 4.79 Å². The third-order valence-corrected chi connectivity index (χ3v) is 3.40. The molecule has 10 heteroatoms. The highest BCUT2D eigenvalue weighted by Crippen LogP contribution is 2.11. The molecule has 0 unspecified atom stereocenters. The van der Waals surface area contributed by atoms with E-state index in [4.69, 9.17) is 0 Å². The van der Waals surface area contributed by atoms with Gasteiger partial charge in [-0.05, 0) is 19.9 Å². The molecule has 10 nitrogen and oxygen atoms in total. The third kappa shape index (κ3) is 4.37. The fraction of sp³-hybridized carbons (Fsp3) is 0.333. The van der Waals surface area contributed by atoms with Crippen LogP contribution in [-0.2, 0) is 11.3 Å². The first kappa shape index (κ1) is 16.6. The van der Waals surface area contributed by atoms with Crippen molar-refractivity contribution in [3.8, 4) is 5.82 Å². The Morgan fingerprint density at radius 2 is 2.04 bits per heavy atom. The van der Waals surface area contributed by atoms with E-state index in [0.29, 0.717) is 24.7 Å². The highest BCUT2D eigenvalue weighted by atomic mass is 16.2. The molecular formula is C15H19N9O. The molecule has 0 radical (unpaired) electrons. The van der Waals surface area contributed by atoms with Gasteiger partial charge in [0.15, 0.2) is 5.82 Å². The van der Waals surface area contributed by atoms with Crippen molar-refractivity contribution >= 4 is 11.7 Å². The molecule has 0 aliphatic heterocycles. The van der Waals surface area contributed by atoms with Crippen LogP contribution in [0.25, 0.3) is 5.82 Å². The van der Waals surface area contributed by atoms with E-state index in [1.807, 2.05) is 26.0 Å². The number of aryl methyl sites for hydroxylation is 2. The number of rotatable bonds is 7. The third-order valence-electron chi connectivity index (χ3n) is 3.40. The van der Waals surface area contributed by atoms with Crippen LogP contribution < -0.4 is 10.6 Å². The van der Waals surface area contributed by atoms with Crippen LogP contribution in [0.1, 0.15) is 11.4 Å². The minimum absolute atomic E-state index is 0.127. The highest BCUT2D eigenvalue weighted by molar-refractivity contribution is 5.75. The quantitative estimate of drug-likeness (QED) is 0.586. The summed E-state index contributed by atoms with van der Waals surface area (Å²) < 4.78 is 3.23. The maximum atomic E-state index is 11.7. The van der Waals surface area contributed by atoms with Crippen LogP contribution in [0, 0.1) is 13.8 Å². The monoisotopic (exact) mass is 341 g/mol. The molecule has 3 rings (SSSR count). The molecule has 0 fully saturated rings. The summed E-state index contributed by atoms with van der Waals surface area (Å²) in [5.74, 6) is 1.24. The van der Waals surface area contributed by atoms with Crippen molar-refractivity contribution in [3.05, 3.63) is 42.5 Å². The Kier molecular flexibility index (Phi) is 4.97. The molecule has 130 valence electrons. The molecule has 0 aromatic carbocycles. The van der Waals surface area contributed by atoms with E-state index in [1.165, 1.54) is 23.7 Å². The fourth-order valence-electron chi connectivity index (χ4n) is 2.33. The molecule has 0 saturated heterocycles. The van der Waals surface area contributed by atoms with Gasteiger partial charge in [-0.3, -0.25) is 4.79 Å². The van der Waals surface area contributed by atoms with Gasteiger partial charge in [-0.2, -0.15) is 10.2 Å². The predicted octanol–water partition coefficient (Wildman–Crippen LogP) is 0.0989. The zero-order valence-electron chi connectivity index (χ0n) is 14.0. The number of aromatic nitrogens is 7. The lowest BCUT2D eigenvalue weighted by atomic mass is 10.4. The molecule has 3 aromatic heterocycles. The van der Waals surface area contributed by atoms with Gasteiger partial charge in [0.2, 0.25) is 5.91 Å². The van der Waals surface area contributed by atoms with Gasteiger partial charge in [-0.25, -0.2) is 24.3 Å². The van der Waals surface area contributed by atoms with Crippen LogP contribution in [0.2, 0.25) is 0 Å². The minimum Gasteiger partial charge on any atom is -0.368 e. The number of nitrogens with zero attached hydrogens (tertiary/aromatic N) is 7. The lowest BCUT2D eigenvalue weighted by molar-refractivity contribution is -0.121. The van der Waals surface area contributed by atoms with Crippen LogP contribution in [-0.4, -0.2) is 53.5 Å². The van der Waals surface area contributed by atoms with E-state index >= 15 is 0 Å². The van der Waals surface area contributed by atoms with E-state index in [-0.39, 0.29) is 12.5 Å². The summed E-state index contributed by atoms with van der Waals surface area (Å²) in [5.41, 5.74) is 1.93. The molecule has 2 N–H and O–H groups in total. The predicted molar refractivity (Wildman–Crippen MR) is 90.1 cm³/mol. The first-order valence-corrected chi connectivity index (χ1v) is 7.80. The van der Waals surface area contributed by atoms with E-state index in [2.05, 4.69) is 35.8 Å². The Morgan fingerprint density at radius 1 is 1.16 bits per heavy atom. The van der Waals surface area contributed by atoms with Crippen molar-refractivity contribution in [2.45, 2.75) is 20.4 Å². The summed E-state index contributed by atoms with van der Waals surface area (Å²) in [6.45, 7) is 5.06. The Bertz CT molecular complexity index is 841. The lowest BCUT2D eigenvalue weighted by Gasteiger charge is -2.09. The van der Waals surface area contributed by atoms with E-state index < -0.39 is 0 Å². The number of anilines is 1. The van der Waals surface area contributed by atoms with Crippen LogP contribution in [0.3, 0.4) is 0 Å². The van der Waals surface area contributed by atoms with Crippen LogP contribution in [0.4, 0.5) is 5.82 Å². The molecule has 3 heterocycles. The van der Waals surface area contributed by atoms with Crippen molar-refractivity contribution in [2.24, 2.45) is 0 Å². The van der Waals surface area contributed by atoms with Gasteiger partial charge in [0, 0.05) is 24.8 Å². The molecule has 0 bridgehead atoms. The molecular weight excluding hydrogens is 322 g/mol. The summed E-state index contributed by atoms with van der Waals surface area (Å²) in [7, 11) is 0. The van der Waals surface area contributed by atoms with E-state index in [1.54, 1.807) is 4.68 Å². The SMILES string of the molecule is Cc1cc(C)n(-c2cc(NCCNC(=O)Cn3cncn3)ncn2)n1. The molecule has 25 heavy (non-hydrogen) atoms. The van der Waals surface area contributed by atoms with Crippen LogP contribution in [0.5, 0.6) is 0 Å². The second-order valence-electron chi connectivity index (χ2n) is 5.47. The number of amides is 1. The molecule has 0 spiro atoms.